The predicted octanol–water partition coefficient (Wildman–Crippen LogP) is 4.10. The molecule has 0 unspecified atom stereocenters. The number of hydrogen-bond acceptors (Lipinski definition) is 7. The van der Waals surface area contributed by atoms with Crippen LogP contribution in [0.3, 0.4) is 0 Å². The Morgan fingerprint density at radius 3 is 2.54 bits per heavy atom. The van der Waals surface area contributed by atoms with Crippen molar-refractivity contribution in [2.45, 2.75) is 19.1 Å². The van der Waals surface area contributed by atoms with E-state index in [0.717, 1.165) is 16.8 Å². The van der Waals surface area contributed by atoms with Crippen LogP contribution >= 0.6 is 11.8 Å². The van der Waals surface area contributed by atoms with Gasteiger partial charge in [0.2, 0.25) is 5.91 Å². The number of methoxy groups -OCH3 is 2. The minimum absolute atomic E-state index is 0.135. The molecule has 0 saturated carbocycles. The van der Waals surface area contributed by atoms with Crippen LogP contribution in [0.5, 0.6) is 11.5 Å². The van der Waals surface area contributed by atoms with Gasteiger partial charge < -0.3 is 19.2 Å². The highest BCUT2D eigenvalue weighted by molar-refractivity contribution is 7.99. The summed E-state index contributed by atoms with van der Waals surface area (Å²) in [5.74, 6) is 1.57. The number of thioether (sulfide) groups is 1. The maximum atomic E-state index is 12.3. The largest absolute Gasteiger partial charge is 0.497 e. The summed E-state index contributed by atoms with van der Waals surface area (Å²) >= 11 is 1.18. The molecular weight excluding hydrogens is 378 g/mol. The van der Waals surface area contributed by atoms with Crippen molar-refractivity contribution in [3.63, 3.8) is 0 Å². The van der Waals surface area contributed by atoms with Gasteiger partial charge in [-0.1, -0.05) is 30.0 Å². The molecule has 3 rings (SSSR count). The highest BCUT2D eigenvalue weighted by Gasteiger charge is 2.16. The molecule has 2 aromatic carbocycles. The Morgan fingerprint density at radius 1 is 1.11 bits per heavy atom. The Morgan fingerprint density at radius 2 is 1.86 bits per heavy atom. The van der Waals surface area contributed by atoms with Crippen molar-refractivity contribution in [1.29, 1.82) is 0 Å². The number of rotatable bonds is 7. The van der Waals surface area contributed by atoms with Gasteiger partial charge in [0.25, 0.3) is 11.1 Å². The standard InChI is InChI=1S/C20H21N3O4S/c1-12-6-5-7-13(2)18(12)21-17(24)11-28-20-23-22-19(27-20)15-9-8-14(25-3)10-16(15)26-4/h5-10H,11H2,1-4H3,(H,21,24). The Kier molecular flexibility index (Phi) is 6.20. The Hall–Kier alpha value is -3.00. The summed E-state index contributed by atoms with van der Waals surface area (Å²) in [5, 5.41) is 11.3. The number of hydrogen-bond donors (Lipinski definition) is 1. The average molecular weight is 399 g/mol. The smallest absolute Gasteiger partial charge is 0.277 e. The second kappa shape index (κ2) is 8.79. The van der Waals surface area contributed by atoms with Gasteiger partial charge in [-0.2, -0.15) is 0 Å². The number of carbonyl (C=O) groups excluding carboxylic acids is 1. The van der Waals surface area contributed by atoms with E-state index in [4.69, 9.17) is 13.9 Å². The molecule has 7 nitrogen and oxygen atoms in total. The minimum Gasteiger partial charge on any atom is -0.497 e. The first-order valence-corrected chi connectivity index (χ1v) is 9.55. The van der Waals surface area contributed by atoms with Gasteiger partial charge in [-0.3, -0.25) is 4.79 Å². The second-order valence-electron chi connectivity index (χ2n) is 6.04. The SMILES string of the molecule is COc1ccc(-c2nnc(SCC(=O)Nc3c(C)cccc3C)o2)c(OC)c1. The number of anilines is 1. The summed E-state index contributed by atoms with van der Waals surface area (Å²) in [4.78, 5) is 12.3. The monoisotopic (exact) mass is 399 g/mol. The molecule has 0 aliphatic heterocycles. The van der Waals surface area contributed by atoms with Crippen LogP contribution in [0.15, 0.2) is 46.0 Å². The second-order valence-corrected chi connectivity index (χ2v) is 6.97. The van der Waals surface area contributed by atoms with E-state index >= 15 is 0 Å². The molecule has 1 heterocycles. The van der Waals surface area contributed by atoms with Crippen LogP contribution in [-0.4, -0.2) is 36.1 Å². The maximum Gasteiger partial charge on any atom is 0.277 e. The van der Waals surface area contributed by atoms with Crippen molar-refractivity contribution in [2.75, 3.05) is 25.3 Å². The fraction of sp³-hybridized carbons (Fsp3) is 0.250. The van der Waals surface area contributed by atoms with E-state index in [-0.39, 0.29) is 11.7 Å². The predicted molar refractivity (Wildman–Crippen MR) is 108 cm³/mol. The molecule has 0 radical (unpaired) electrons. The lowest BCUT2D eigenvalue weighted by Gasteiger charge is -2.10. The first kappa shape index (κ1) is 19.8. The fourth-order valence-electron chi connectivity index (χ4n) is 2.67. The minimum atomic E-state index is -0.135. The molecule has 0 saturated heterocycles. The fourth-order valence-corrected chi connectivity index (χ4v) is 3.23. The summed E-state index contributed by atoms with van der Waals surface area (Å²) in [6.45, 7) is 3.92. The van der Waals surface area contributed by atoms with E-state index < -0.39 is 0 Å². The van der Waals surface area contributed by atoms with Crippen molar-refractivity contribution >= 4 is 23.4 Å². The van der Waals surface area contributed by atoms with Crippen molar-refractivity contribution in [2.24, 2.45) is 0 Å². The summed E-state index contributed by atoms with van der Waals surface area (Å²) < 4.78 is 16.2. The number of nitrogens with zero attached hydrogens (tertiary/aromatic N) is 2. The van der Waals surface area contributed by atoms with Crippen molar-refractivity contribution in [1.82, 2.24) is 10.2 Å². The number of ether oxygens (including phenoxy) is 2. The molecule has 0 aliphatic carbocycles. The third-order valence-corrected chi connectivity index (χ3v) is 4.94. The van der Waals surface area contributed by atoms with E-state index in [2.05, 4.69) is 15.5 Å². The van der Waals surface area contributed by atoms with Gasteiger partial charge in [0.15, 0.2) is 0 Å². The first-order chi connectivity index (χ1) is 13.5. The van der Waals surface area contributed by atoms with Gasteiger partial charge in [0.1, 0.15) is 11.5 Å². The zero-order valence-electron chi connectivity index (χ0n) is 16.1. The Bertz CT molecular complexity index is 967. The zero-order valence-corrected chi connectivity index (χ0v) is 16.9. The molecule has 1 amide bonds. The molecule has 0 spiro atoms. The highest BCUT2D eigenvalue weighted by Crippen LogP contribution is 2.33. The van der Waals surface area contributed by atoms with Crippen LogP contribution in [0.1, 0.15) is 11.1 Å². The molecule has 0 fully saturated rings. The average Bonchev–Trinajstić information content (AvgIpc) is 3.17. The number of nitrogens with one attached hydrogen (secondary N) is 1. The van der Waals surface area contributed by atoms with Gasteiger partial charge in [0, 0.05) is 11.8 Å². The lowest BCUT2D eigenvalue weighted by atomic mass is 10.1. The van der Waals surface area contributed by atoms with Crippen molar-refractivity contribution in [3.05, 3.63) is 47.5 Å². The van der Waals surface area contributed by atoms with Gasteiger partial charge in [-0.25, -0.2) is 0 Å². The highest BCUT2D eigenvalue weighted by atomic mass is 32.2. The normalized spacial score (nSPS) is 10.6. The van der Waals surface area contributed by atoms with Crippen LogP contribution in [0.4, 0.5) is 5.69 Å². The Labute approximate surface area is 167 Å². The topological polar surface area (TPSA) is 86.5 Å². The number of aryl methyl sites for hydroxylation is 2. The Balaban J connectivity index is 1.66. The first-order valence-electron chi connectivity index (χ1n) is 8.56. The lowest BCUT2D eigenvalue weighted by molar-refractivity contribution is -0.113. The van der Waals surface area contributed by atoms with Gasteiger partial charge in [0.05, 0.1) is 25.5 Å². The van der Waals surface area contributed by atoms with E-state index in [0.29, 0.717) is 28.2 Å². The molecule has 146 valence electrons. The van der Waals surface area contributed by atoms with Gasteiger partial charge >= 0.3 is 0 Å². The molecular formula is C20H21N3O4S. The number of para-hydroxylation sites is 1. The van der Waals surface area contributed by atoms with Gasteiger partial charge in [-0.05, 0) is 37.1 Å². The van der Waals surface area contributed by atoms with Crippen LogP contribution in [-0.2, 0) is 4.79 Å². The van der Waals surface area contributed by atoms with E-state index in [1.807, 2.05) is 32.0 Å². The third-order valence-electron chi connectivity index (χ3n) is 4.12. The summed E-state index contributed by atoms with van der Waals surface area (Å²) in [6, 6.07) is 11.2. The molecule has 28 heavy (non-hydrogen) atoms. The molecule has 8 heteroatoms. The molecule has 0 atom stereocenters. The van der Waals surface area contributed by atoms with Crippen molar-refractivity contribution < 1.29 is 18.7 Å². The summed E-state index contributed by atoms with van der Waals surface area (Å²) in [6.07, 6.45) is 0. The zero-order chi connectivity index (χ0) is 20.1. The number of carbonyl (C=O) groups is 1. The summed E-state index contributed by atoms with van der Waals surface area (Å²) in [7, 11) is 3.14. The number of benzene rings is 2. The third kappa shape index (κ3) is 4.45. The quantitative estimate of drug-likeness (QED) is 0.599. The van der Waals surface area contributed by atoms with Crippen LogP contribution < -0.4 is 14.8 Å². The molecule has 1 aromatic heterocycles. The molecule has 0 aliphatic rings. The van der Waals surface area contributed by atoms with E-state index in [1.165, 1.54) is 11.8 Å². The lowest BCUT2D eigenvalue weighted by Crippen LogP contribution is -2.15. The summed E-state index contributed by atoms with van der Waals surface area (Å²) in [5.41, 5.74) is 3.53. The van der Waals surface area contributed by atoms with E-state index in [1.54, 1.807) is 32.4 Å². The molecule has 3 aromatic rings. The number of aromatic nitrogens is 2. The van der Waals surface area contributed by atoms with Gasteiger partial charge in [-0.15, -0.1) is 10.2 Å². The van der Waals surface area contributed by atoms with Crippen LogP contribution in [0, 0.1) is 13.8 Å². The molecule has 0 bridgehead atoms. The van der Waals surface area contributed by atoms with Crippen LogP contribution in [0.2, 0.25) is 0 Å². The van der Waals surface area contributed by atoms with E-state index in [9.17, 15) is 4.79 Å². The maximum absolute atomic E-state index is 12.3. The number of amides is 1. The van der Waals surface area contributed by atoms with Crippen molar-refractivity contribution in [3.8, 4) is 23.0 Å². The van der Waals surface area contributed by atoms with Crippen LogP contribution in [0.25, 0.3) is 11.5 Å². The molecule has 1 N–H and O–H groups in total.